The van der Waals surface area contributed by atoms with Gasteiger partial charge in [-0.1, -0.05) is 12.1 Å². The molecule has 0 aliphatic rings. The van der Waals surface area contributed by atoms with Crippen LogP contribution in [0.1, 0.15) is 17.0 Å². The van der Waals surface area contributed by atoms with E-state index in [-0.39, 0.29) is 0 Å². The zero-order valence-electron chi connectivity index (χ0n) is 14.2. The molecule has 0 aliphatic carbocycles. The van der Waals surface area contributed by atoms with Gasteiger partial charge < -0.3 is 0 Å². The van der Waals surface area contributed by atoms with Gasteiger partial charge in [-0.05, 0) is 42.8 Å². The first-order chi connectivity index (χ1) is 12.8. The normalized spacial score (nSPS) is 11.4. The molecule has 0 aliphatic heterocycles. The highest BCUT2D eigenvalue weighted by Gasteiger charge is 2.08. The highest BCUT2D eigenvalue weighted by molar-refractivity contribution is 5.79. The summed E-state index contributed by atoms with van der Waals surface area (Å²) in [7, 11) is 0. The Morgan fingerprint density at radius 2 is 1.96 bits per heavy atom. The molecular formula is C20H16N6. The van der Waals surface area contributed by atoms with Crippen LogP contribution in [0.3, 0.4) is 0 Å². The highest BCUT2D eigenvalue weighted by Crippen LogP contribution is 2.17. The van der Waals surface area contributed by atoms with Crippen molar-refractivity contribution < 1.29 is 0 Å². The molecule has 6 nitrogen and oxygen atoms in total. The standard InChI is InChI=1S/C20H16N6/c1-14-12-25(13-23-14)20-7-6-19-22-11-17(26(19)24-20)10-15-4-5-18-16(9-15)3-2-8-21-18/h2-9,11-13H,10H2,1H3. The Labute approximate surface area is 149 Å². The lowest BCUT2D eigenvalue weighted by atomic mass is 10.1. The zero-order chi connectivity index (χ0) is 17.5. The molecule has 0 saturated carbocycles. The van der Waals surface area contributed by atoms with E-state index in [4.69, 9.17) is 5.10 Å². The highest BCUT2D eigenvalue weighted by atomic mass is 15.3. The summed E-state index contributed by atoms with van der Waals surface area (Å²) in [4.78, 5) is 13.1. The van der Waals surface area contributed by atoms with Gasteiger partial charge in [-0.25, -0.2) is 14.5 Å². The third-order valence-corrected chi connectivity index (χ3v) is 4.45. The van der Waals surface area contributed by atoms with Gasteiger partial charge in [-0.15, -0.1) is 5.10 Å². The molecule has 6 heteroatoms. The van der Waals surface area contributed by atoms with Crippen LogP contribution in [0.15, 0.2) is 67.4 Å². The maximum Gasteiger partial charge on any atom is 0.158 e. The number of fused-ring (bicyclic) bond motifs is 2. The van der Waals surface area contributed by atoms with Crippen molar-refractivity contribution in [2.24, 2.45) is 0 Å². The summed E-state index contributed by atoms with van der Waals surface area (Å²) >= 11 is 0. The van der Waals surface area contributed by atoms with Gasteiger partial charge in [0.2, 0.25) is 0 Å². The second-order valence-electron chi connectivity index (χ2n) is 6.34. The quantitative estimate of drug-likeness (QED) is 0.505. The summed E-state index contributed by atoms with van der Waals surface area (Å²) in [5.74, 6) is 0.820. The number of nitrogens with zero attached hydrogens (tertiary/aromatic N) is 6. The minimum Gasteiger partial charge on any atom is -0.289 e. The van der Waals surface area contributed by atoms with Gasteiger partial charge in [0.05, 0.1) is 23.1 Å². The third kappa shape index (κ3) is 2.52. The molecule has 0 radical (unpaired) electrons. The van der Waals surface area contributed by atoms with Crippen LogP contribution in [0.25, 0.3) is 22.4 Å². The maximum absolute atomic E-state index is 4.74. The summed E-state index contributed by atoms with van der Waals surface area (Å²) in [6.45, 7) is 1.96. The van der Waals surface area contributed by atoms with Crippen LogP contribution in [0.5, 0.6) is 0 Å². The number of imidazole rings is 2. The fraction of sp³-hybridized carbons (Fsp3) is 0.100. The largest absolute Gasteiger partial charge is 0.289 e. The van der Waals surface area contributed by atoms with Crippen molar-refractivity contribution in [1.82, 2.24) is 29.1 Å². The number of rotatable bonds is 3. The molecule has 0 spiro atoms. The monoisotopic (exact) mass is 340 g/mol. The molecule has 0 fully saturated rings. The van der Waals surface area contributed by atoms with Gasteiger partial charge in [0.1, 0.15) is 6.33 Å². The summed E-state index contributed by atoms with van der Waals surface area (Å²) in [5, 5.41) is 5.88. The Morgan fingerprint density at radius 1 is 1.00 bits per heavy atom. The second kappa shape index (κ2) is 5.77. The molecule has 1 aromatic carbocycles. The van der Waals surface area contributed by atoms with Gasteiger partial charge in [0, 0.05) is 24.2 Å². The Morgan fingerprint density at radius 3 is 2.85 bits per heavy atom. The number of hydrogen-bond donors (Lipinski definition) is 0. The number of pyridine rings is 1. The second-order valence-corrected chi connectivity index (χ2v) is 6.34. The van der Waals surface area contributed by atoms with E-state index in [2.05, 4.69) is 39.2 Å². The molecule has 126 valence electrons. The van der Waals surface area contributed by atoms with E-state index in [1.165, 1.54) is 5.56 Å². The molecule has 26 heavy (non-hydrogen) atoms. The van der Waals surface area contributed by atoms with Gasteiger partial charge in [-0.3, -0.25) is 9.55 Å². The van der Waals surface area contributed by atoms with E-state index in [0.29, 0.717) is 0 Å². The number of hydrogen-bond acceptors (Lipinski definition) is 4. The average Bonchev–Trinajstić information content (AvgIpc) is 3.28. The van der Waals surface area contributed by atoms with Gasteiger partial charge >= 0.3 is 0 Å². The third-order valence-electron chi connectivity index (χ3n) is 4.45. The molecule has 0 unspecified atom stereocenters. The van der Waals surface area contributed by atoms with E-state index in [1.54, 1.807) is 6.33 Å². The lowest BCUT2D eigenvalue weighted by Gasteiger charge is -2.06. The minimum absolute atomic E-state index is 0.755. The van der Waals surface area contributed by atoms with Crippen molar-refractivity contribution in [1.29, 1.82) is 0 Å². The predicted octanol–water partition coefficient (Wildman–Crippen LogP) is 3.36. The van der Waals surface area contributed by atoms with Crippen molar-refractivity contribution in [2.75, 3.05) is 0 Å². The first kappa shape index (κ1) is 14.8. The van der Waals surface area contributed by atoms with Crippen molar-refractivity contribution in [2.45, 2.75) is 13.3 Å². The Kier molecular flexibility index (Phi) is 3.28. The van der Waals surface area contributed by atoms with E-state index in [9.17, 15) is 0 Å². The molecule has 0 atom stereocenters. The fourth-order valence-electron chi connectivity index (χ4n) is 3.16. The molecule has 0 bridgehead atoms. The molecule has 5 rings (SSSR count). The van der Waals surface area contributed by atoms with Crippen LogP contribution in [-0.4, -0.2) is 29.1 Å². The first-order valence-corrected chi connectivity index (χ1v) is 8.44. The van der Waals surface area contributed by atoms with Gasteiger partial charge in [-0.2, -0.15) is 0 Å². The molecule has 0 amide bonds. The summed E-state index contributed by atoms with van der Waals surface area (Å²) in [6, 6.07) is 14.3. The fourth-order valence-corrected chi connectivity index (χ4v) is 3.16. The van der Waals surface area contributed by atoms with Crippen LogP contribution in [0.2, 0.25) is 0 Å². The van der Waals surface area contributed by atoms with Crippen LogP contribution in [-0.2, 0) is 6.42 Å². The SMILES string of the molecule is Cc1cn(-c2ccc3ncc(Cc4ccc5ncccc5c4)n3n2)cn1. The zero-order valence-corrected chi connectivity index (χ0v) is 14.2. The van der Waals surface area contributed by atoms with Crippen LogP contribution in [0, 0.1) is 6.92 Å². The van der Waals surface area contributed by atoms with E-state index in [1.807, 2.05) is 52.8 Å². The molecule has 5 aromatic rings. The van der Waals surface area contributed by atoms with Crippen molar-refractivity contribution in [3.8, 4) is 5.82 Å². The Balaban J connectivity index is 1.55. The van der Waals surface area contributed by atoms with E-state index >= 15 is 0 Å². The molecule has 0 N–H and O–H groups in total. The maximum atomic E-state index is 4.74. The topological polar surface area (TPSA) is 60.9 Å². The Bertz CT molecular complexity index is 1230. The number of aromatic nitrogens is 6. The number of aryl methyl sites for hydroxylation is 1. The van der Waals surface area contributed by atoms with Crippen molar-refractivity contribution in [3.63, 3.8) is 0 Å². The van der Waals surface area contributed by atoms with E-state index < -0.39 is 0 Å². The first-order valence-electron chi connectivity index (χ1n) is 8.44. The van der Waals surface area contributed by atoms with Gasteiger partial charge in [0.15, 0.2) is 11.5 Å². The number of benzene rings is 1. The smallest absolute Gasteiger partial charge is 0.158 e. The van der Waals surface area contributed by atoms with E-state index in [0.717, 1.165) is 40.2 Å². The molecule has 0 saturated heterocycles. The summed E-state index contributed by atoms with van der Waals surface area (Å²) in [6.07, 6.45) is 8.19. The molecule has 4 aromatic heterocycles. The summed E-state index contributed by atoms with van der Waals surface area (Å²) < 4.78 is 3.82. The van der Waals surface area contributed by atoms with Crippen molar-refractivity contribution >= 4 is 16.6 Å². The lowest BCUT2D eigenvalue weighted by Crippen LogP contribution is -2.03. The summed E-state index contributed by atoms with van der Waals surface area (Å²) in [5.41, 5.74) is 5.05. The molecular weight excluding hydrogens is 324 g/mol. The molecule has 4 heterocycles. The predicted molar refractivity (Wildman–Crippen MR) is 99.4 cm³/mol. The lowest BCUT2D eigenvalue weighted by molar-refractivity contribution is 0.827. The average molecular weight is 340 g/mol. The Hall–Kier alpha value is -3.54. The van der Waals surface area contributed by atoms with Crippen LogP contribution in [0.4, 0.5) is 0 Å². The van der Waals surface area contributed by atoms with Crippen LogP contribution >= 0.6 is 0 Å². The van der Waals surface area contributed by atoms with Crippen molar-refractivity contribution in [3.05, 3.63) is 84.3 Å². The van der Waals surface area contributed by atoms with Gasteiger partial charge in [0.25, 0.3) is 0 Å². The minimum atomic E-state index is 0.755. The van der Waals surface area contributed by atoms with Crippen LogP contribution < -0.4 is 0 Å².